The largest absolute Gasteiger partial charge is 0.369 e. The molecule has 0 aliphatic heterocycles. The zero-order chi connectivity index (χ0) is 20.3. The average molecular weight is 398 g/mol. The molecule has 0 bridgehead atoms. The van der Waals surface area contributed by atoms with Gasteiger partial charge in [-0.25, -0.2) is 12.4 Å². The summed E-state index contributed by atoms with van der Waals surface area (Å²) in [7, 11) is -3.76. The van der Waals surface area contributed by atoms with Gasteiger partial charge in [0.2, 0.25) is 5.96 Å². The van der Waals surface area contributed by atoms with Crippen LogP contribution < -0.4 is 11.5 Å². The molecule has 2 aromatic carbocycles. The second kappa shape index (κ2) is 7.85. The van der Waals surface area contributed by atoms with Crippen molar-refractivity contribution in [1.29, 1.82) is 0 Å². The van der Waals surface area contributed by atoms with Crippen LogP contribution in [0.15, 0.2) is 75.9 Å². The van der Waals surface area contributed by atoms with Gasteiger partial charge in [-0.15, -0.1) is 5.10 Å². The molecule has 3 aromatic rings. The van der Waals surface area contributed by atoms with Gasteiger partial charge in [0, 0.05) is 17.1 Å². The van der Waals surface area contributed by atoms with Gasteiger partial charge in [-0.3, -0.25) is 0 Å². The lowest BCUT2D eigenvalue weighted by Crippen LogP contribution is -2.22. The summed E-state index contributed by atoms with van der Waals surface area (Å²) in [5, 5.41) is 8.76. The molecule has 0 atom stereocenters. The first-order valence-corrected chi connectivity index (χ1v) is 10.3. The van der Waals surface area contributed by atoms with Gasteiger partial charge in [-0.1, -0.05) is 50.2 Å². The van der Waals surface area contributed by atoms with Crippen LogP contribution in [0.4, 0.5) is 0 Å². The Hall–Kier alpha value is -3.13. The predicted molar refractivity (Wildman–Crippen MR) is 113 cm³/mol. The van der Waals surface area contributed by atoms with E-state index < -0.39 is 10.0 Å². The van der Waals surface area contributed by atoms with Crippen molar-refractivity contribution in [2.75, 3.05) is 0 Å². The van der Waals surface area contributed by atoms with E-state index in [1.165, 1.54) is 3.97 Å². The number of rotatable bonds is 6. The highest BCUT2D eigenvalue weighted by Gasteiger charge is 2.23. The number of hydrogen-bond donors (Lipinski definition) is 2. The lowest BCUT2D eigenvalue weighted by Gasteiger charge is -2.07. The Morgan fingerprint density at radius 3 is 2.29 bits per heavy atom. The predicted octanol–water partition coefficient (Wildman–Crippen LogP) is 2.90. The second-order valence-corrected chi connectivity index (χ2v) is 8.66. The summed E-state index contributed by atoms with van der Waals surface area (Å²) >= 11 is 0. The number of hydrogen-bond acceptors (Lipinski definition) is 4. The van der Waals surface area contributed by atoms with E-state index in [4.69, 9.17) is 11.5 Å². The van der Waals surface area contributed by atoms with Crippen molar-refractivity contribution in [3.05, 3.63) is 66.4 Å². The van der Waals surface area contributed by atoms with Crippen LogP contribution in [0.25, 0.3) is 10.9 Å². The average Bonchev–Trinajstić information content (AvgIpc) is 3.06. The zero-order valence-corrected chi connectivity index (χ0v) is 16.6. The molecule has 7 nitrogen and oxygen atoms in total. The highest BCUT2D eigenvalue weighted by molar-refractivity contribution is 7.90. The van der Waals surface area contributed by atoms with Crippen LogP contribution in [0.3, 0.4) is 0 Å². The van der Waals surface area contributed by atoms with Gasteiger partial charge >= 0.3 is 0 Å². The molecule has 0 amide bonds. The summed E-state index contributed by atoms with van der Waals surface area (Å²) in [6.07, 6.45) is 2.19. The number of nitrogens with two attached hydrogens (primary N) is 2. The monoisotopic (exact) mass is 397 g/mol. The first-order chi connectivity index (χ1) is 13.3. The van der Waals surface area contributed by atoms with Crippen LogP contribution in [0.5, 0.6) is 0 Å². The normalized spacial score (nSPS) is 12.5. The first-order valence-electron chi connectivity index (χ1n) is 8.87. The lowest BCUT2D eigenvalue weighted by molar-refractivity contribution is 0.589. The van der Waals surface area contributed by atoms with Gasteiger partial charge in [0.25, 0.3) is 10.0 Å². The second-order valence-electron chi connectivity index (χ2n) is 6.84. The minimum Gasteiger partial charge on any atom is -0.369 e. The van der Waals surface area contributed by atoms with E-state index in [-0.39, 0.29) is 16.8 Å². The number of guanidine groups is 1. The molecule has 3 rings (SSSR count). The molecule has 4 N–H and O–H groups in total. The van der Waals surface area contributed by atoms with Crippen molar-refractivity contribution in [1.82, 2.24) is 3.97 Å². The van der Waals surface area contributed by atoms with E-state index >= 15 is 0 Å². The quantitative estimate of drug-likeness (QED) is 0.378. The molecule has 0 saturated carbocycles. The van der Waals surface area contributed by atoms with Gasteiger partial charge in [0.05, 0.1) is 16.1 Å². The maximum atomic E-state index is 13.2. The Balaban J connectivity index is 2.26. The Bertz CT molecular complexity index is 1140. The van der Waals surface area contributed by atoms with Crippen LogP contribution in [0.1, 0.15) is 25.8 Å². The third kappa shape index (κ3) is 3.91. The molecule has 1 heterocycles. The SMILES string of the molecule is CC(C)C/C(=N\N=C(N)N)c1cn(S(=O)(=O)c2ccccc2)c2ccccc12. The summed E-state index contributed by atoms with van der Waals surface area (Å²) in [5.74, 6) is 0.127. The van der Waals surface area contributed by atoms with Crippen molar-refractivity contribution < 1.29 is 8.42 Å². The third-order valence-electron chi connectivity index (χ3n) is 4.18. The van der Waals surface area contributed by atoms with E-state index in [9.17, 15) is 8.42 Å². The molecule has 146 valence electrons. The number of para-hydroxylation sites is 1. The fourth-order valence-corrected chi connectivity index (χ4v) is 4.38. The highest BCUT2D eigenvalue weighted by Crippen LogP contribution is 2.28. The van der Waals surface area contributed by atoms with E-state index in [2.05, 4.69) is 10.2 Å². The smallest absolute Gasteiger partial charge is 0.268 e. The number of benzene rings is 2. The van der Waals surface area contributed by atoms with Crippen LogP contribution in [0.2, 0.25) is 0 Å². The van der Waals surface area contributed by atoms with Gasteiger partial charge in [-0.05, 0) is 30.5 Å². The van der Waals surface area contributed by atoms with Crippen LogP contribution in [0, 0.1) is 5.92 Å². The summed E-state index contributed by atoms with van der Waals surface area (Å²) in [6, 6.07) is 15.6. The van der Waals surface area contributed by atoms with Crippen LogP contribution in [-0.2, 0) is 10.0 Å². The van der Waals surface area contributed by atoms with Gasteiger partial charge in [0.1, 0.15) is 0 Å². The van der Waals surface area contributed by atoms with Crippen molar-refractivity contribution >= 4 is 32.6 Å². The van der Waals surface area contributed by atoms with Gasteiger partial charge in [-0.2, -0.15) is 5.10 Å². The van der Waals surface area contributed by atoms with E-state index in [1.54, 1.807) is 48.7 Å². The van der Waals surface area contributed by atoms with Crippen molar-refractivity contribution in [2.24, 2.45) is 27.6 Å². The van der Waals surface area contributed by atoms with Gasteiger partial charge in [0.15, 0.2) is 0 Å². The maximum absolute atomic E-state index is 13.2. The molecular weight excluding hydrogens is 374 g/mol. The number of aromatic nitrogens is 1. The molecule has 0 spiro atoms. The van der Waals surface area contributed by atoms with Crippen molar-refractivity contribution in [3.8, 4) is 0 Å². The first kappa shape index (κ1) is 19.6. The lowest BCUT2D eigenvalue weighted by atomic mass is 10.00. The van der Waals surface area contributed by atoms with Crippen LogP contribution >= 0.6 is 0 Å². The topological polar surface area (TPSA) is 116 Å². The van der Waals surface area contributed by atoms with E-state index in [0.29, 0.717) is 23.2 Å². The van der Waals surface area contributed by atoms with E-state index in [1.807, 2.05) is 26.0 Å². The van der Waals surface area contributed by atoms with Crippen LogP contribution in [-0.4, -0.2) is 24.1 Å². The molecule has 28 heavy (non-hydrogen) atoms. The van der Waals surface area contributed by atoms with Crippen molar-refractivity contribution in [2.45, 2.75) is 25.2 Å². The third-order valence-corrected chi connectivity index (χ3v) is 5.86. The minimum absolute atomic E-state index is 0.151. The molecule has 0 aliphatic carbocycles. The molecule has 0 radical (unpaired) electrons. The zero-order valence-electron chi connectivity index (χ0n) is 15.8. The Morgan fingerprint density at radius 1 is 1.00 bits per heavy atom. The Morgan fingerprint density at radius 2 is 1.64 bits per heavy atom. The fourth-order valence-electron chi connectivity index (χ4n) is 2.99. The Kier molecular flexibility index (Phi) is 5.51. The molecule has 0 unspecified atom stereocenters. The number of fused-ring (bicyclic) bond motifs is 1. The molecule has 0 saturated heterocycles. The minimum atomic E-state index is -3.76. The molecule has 1 aromatic heterocycles. The molecule has 0 fully saturated rings. The summed E-state index contributed by atoms with van der Waals surface area (Å²) in [6.45, 7) is 4.09. The van der Waals surface area contributed by atoms with Gasteiger partial charge < -0.3 is 11.5 Å². The van der Waals surface area contributed by atoms with Crippen molar-refractivity contribution in [3.63, 3.8) is 0 Å². The summed E-state index contributed by atoms with van der Waals surface area (Å²) in [5.41, 5.74) is 12.8. The summed E-state index contributed by atoms with van der Waals surface area (Å²) in [4.78, 5) is 0.217. The number of nitrogens with zero attached hydrogens (tertiary/aromatic N) is 3. The van der Waals surface area contributed by atoms with E-state index in [0.717, 1.165) is 5.39 Å². The molecular formula is C20H23N5O2S. The standard InChI is InChI=1S/C20H23N5O2S/c1-14(2)12-18(23-24-20(21)22)17-13-25(19-11-7-6-10-16(17)19)28(26,27)15-8-4-3-5-9-15/h3-11,13-14H,12H2,1-2H3,(H4,21,22,24)/b23-18+. The summed E-state index contributed by atoms with van der Waals surface area (Å²) < 4.78 is 27.7. The molecule has 0 aliphatic rings. The highest BCUT2D eigenvalue weighted by atomic mass is 32.2. The maximum Gasteiger partial charge on any atom is 0.268 e. The fraction of sp³-hybridized carbons (Fsp3) is 0.200. The Labute approximate surface area is 164 Å². The molecule has 8 heteroatoms.